The maximum atomic E-state index is 12.0. The number of carbonyl (C=O) groups is 1. The highest BCUT2D eigenvalue weighted by atomic mass is 32.2. The molecule has 0 aliphatic carbocycles. The van der Waals surface area contributed by atoms with Gasteiger partial charge < -0.3 is 4.74 Å². The van der Waals surface area contributed by atoms with E-state index in [0.29, 0.717) is 6.42 Å². The molecule has 0 aliphatic rings. The molecular weight excluding hydrogens is 292 g/mol. The van der Waals surface area contributed by atoms with E-state index in [1.807, 2.05) is 42.5 Å². The predicted molar refractivity (Wildman–Crippen MR) is 92.9 cm³/mol. The maximum Gasteiger partial charge on any atom is 0.312 e. The van der Waals surface area contributed by atoms with Crippen LogP contribution in [0.25, 0.3) is 6.08 Å². The Labute approximate surface area is 136 Å². The van der Waals surface area contributed by atoms with E-state index in [2.05, 4.69) is 30.5 Å². The predicted octanol–water partition coefficient (Wildman–Crippen LogP) is 4.45. The largest absolute Gasteiger partial charge is 0.469 e. The number of ether oxygens (including phenoxy) is 1. The first-order valence-electron chi connectivity index (χ1n) is 7.17. The maximum absolute atomic E-state index is 12.0. The van der Waals surface area contributed by atoms with Crippen LogP contribution in [0.4, 0.5) is 0 Å². The summed E-state index contributed by atoms with van der Waals surface area (Å²) < 4.78 is 4.92. The Kier molecular flexibility index (Phi) is 6.28. The van der Waals surface area contributed by atoms with Crippen molar-refractivity contribution in [3.63, 3.8) is 0 Å². The summed E-state index contributed by atoms with van der Waals surface area (Å²) in [6.07, 6.45) is 6.60. The highest BCUT2D eigenvalue weighted by Crippen LogP contribution is 2.17. The van der Waals surface area contributed by atoms with E-state index in [4.69, 9.17) is 4.74 Å². The van der Waals surface area contributed by atoms with E-state index in [1.54, 1.807) is 11.8 Å². The summed E-state index contributed by atoms with van der Waals surface area (Å²) in [6.45, 7) is 0. The Morgan fingerprint density at radius 1 is 1.14 bits per heavy atom. The normalized spacial score (nSPS) is 12.3. The number of hydrogen-bond donors (Lipinski definition) is 0. The Morgan fingerprint density at radius 3 is 2.41 bits per heavy atom. The number of esters is 1. The molecule has 0 bridgehead atoms. The highest BCUT2D eigenvalue weighted by molar-refractivity contribution is 7.98. The molecule has 0 saturated carbocycles. The first kappa shape index (κ1) is 16.4. The second-order valence-corrected chi connectivity index (χ2v) is 5.83. The average Bonchev–Trinajstić information content (AvgIpc) is 2.59. The monoisotopic (exact) mass is 312 g/mol. The van der Waals surface area contributed by atoms with Crippen LogP contribution in [-0.2, 0) is 16.0 Å². The minimum absolute atomic E-state index is 0.208. The molecule has 0 fully saturated rings. The molecule has 0 N–H and O–H groups in total. The van der Waals surface area contributed by atoms with Crippen LogP contribution in [0.1, 0.15) is 11.1 Å². The minimum Gasteiger partial charge on any atom is -0.469 e. The molecule has 0 aliphatic heterocycles. The Morgan fingerprint density at radius 2 is 1.82 bits per heavy atom. The first-order valence-corrected chi connectivity index (χ1v) is 8.39. The van der Waals surface area contributed by atoms with Crippen LogP contribution in [0.3, 0.4) is 0 Å². The molecule has 0 spiro atoms. The van der Waals surface area contributed by atoms with Crippen molar-refractivity contribution in [1.29, 1.82) is 0 Å². The van der Waals surface area contributed by atoms with E-state index >= 15 is 0 Å². The Bertz CT molecular complexity index is 618. The fraction of sp³-hybridized carbons (Fsp3) is 0.211. The van der Waals surface area contributed by atoms with Crippen LogP contribution in [0, 0.1) is 5.92 Å². The van der Waals surface area contributed by atoms with Gasteiger partial charge in [0.05, 0.1) is 13.0 Å². The summed E-state index contributed by atoms with van der Waals surface area (Å²) >= 11 is 1.71. The third-order valence-corrected chi connectivity index (χ3v) is 4.18. The summed E-state index contributed by atoms with van der Waals surface area (Å²) in [5.74, 6) is -0.478. The van der Waals surface area contributed by atoms with Gasteiger partial charge in [0, 0.05) is 4.90 Å². The molecule has 0 amide bonds. The van der Waals surface area contributed by atoms with Gasteiger partial charge in [-0.15, -0.1) is 11.8 Å². The molecule has 2 aromatic rings. The van der Waals surface area contributed by atoms with Crippen molar-refractivity contribution < 1.29 is 9.53 Å². The summed E-state index contributed by atoms with van der Waals surface area (Å²) in [7, 11) is 1.43. The minimum atomic E-state index is -0.271. The number of hydrogen-bond acceptors (Lipinski definition) is 3. The van der Waals surface area contributed by atoms with Gasteiger partial charge in [0.2, 0.25) is 0 Å². The van der Waals surface area contributed by atoms with Crippen LogP contribution >= 0.6 is 11.8 Å². The molecule has 0 aromatic heterocycles. The van der Waals surface area contributed by atoms with Gasteiger partial charge in [-0.25, -0.2) is 0 Å². The van der Waals surface area contributed by atoms with Crippen LogP contribution in [0.2, 0.25) is 0 Å². The highest BCUT2D eigenvalue weighted by Gasteiger charge is 2.16. The van der Waals surface area contributed by atoms with E-state index in [0.717, 1.165) is 11.1 Å². The summed E-state index contributed by atoms with van der Waals surface area (Å²) in [5.41, 5.74) is 2.21. The fourth-order valence-electron chi connectivity index (χ4n) is 2.19. The smallest absolute Gasteiger partial charge is 0.312 e. The molecule has 22 heavy (non-hydrogen) atoms. The van der Waals surface area contributed by atoms with Crippen molar-refractivity contribution in [3.05, 3.63) is 71.8 Å². The summed E-state index contributed by atoms with van der Waals surface area (Å²) in [5, 5.41) is 0. The van der Waals surface area contributed by atoms with Crippen LogP contribution < -0.4 is 0 Å². The van der Waals surface area contributed by atoms with Gasteiger partial charge in [0.15, 0.2) is 0 Å². The van der Waals surface area contributed by atoms with Gasteiger partial charge in [-0.1, -0.05) is 54.6 Å². The molecule has 0 saturated heterocycles. The number of benzene rings is 2. The lowest BCUT2D eigenvalue weighted by Crippen LogP contribution is -2.16. The molecule has 2 nitrogen and oxygen atoms in total. The average molecular weight is 312 g/mol. The van der Waals surface area contributed by atoms with Gasteiger partial charge in [0.25, 0.3) is 0 Å². The molecule has 0 heterocycles. The zero-order valence-electron chi connectivity index (χ0n) is 12.9. The van der Waals surface area contributed by atoms with Crippen molar-refractivity contribution in [2.45, 2.75) is 11.3 Å². The van der Waals surface area contributed by atoms with E-state index in [9.17, 15) is 4.79 Å². The van der Waals surface area contributed by atoms with E-state index < -0.39 is 0 Å². The van der Waals surface area contributed by atoms with E-state index in [1.165, 1.54) is 12.0 Å². The zero-order valence-corrected chi connectivity index (χ0v) is 13.7. The van der Waals surface area contributed by atoms with Gasteiger partial charge >= 0.3 is 5.97 Å². The van der Waals surface area contributed by atoms with Crippen LogP contribution in [-0.4, -0.2) is 19.3 Å². The molecule has 2 rings (SSSR count). The SMILES string of the molecule is COC(=O)C(/C=C/c1ccc(SC)cc1)Cc1ccccc1. The second kappa shape index (κ2) is 8.44. The van der Waals surface area contributed by atoms with Gasteiger partial charge in [-0.05, 0) is 35.9 Å². The lowest BCUT2D eigenvalue weighted by molar-refractivity contribution is -0.143. The molecule has 1 atom stereocenters. The summed E-state index contributed by atoms with van der Waals surface area (Å²) in [4.78, 5) is 13.2. The lowest BCUT2D eigenvalue weighted by Gasteiger charge is -2.10. The molecular formula is C19H20O2S. The van der Waals surface area contributed by atoms with Gasteiger partial charge in [-0.2, -0.15) is 0 Å². The second-order valence-electron chi connectivity index (χ2n) is 4.95. The van der Waals surface area contributed by atoms with Crippen molar-refractivity contribution in [1.82, 2.24) is 0 Å². The number of carbonyl (C=O) groups excluding carboxylic acids is 1. The van der Waals surface area contributed by atoms with Crippen molar-refractivity contribution >= 4 is 23.8 Å². The molecule has 2 aromatic carbocycles. The molecule has 114 valence electrons. The molecule has 1 unspecified atom stereocenters. The third-order valence-electron chi connectivity index (χ3n) is 3.44. The van der Waals surface area contributed by atoms with Gasteiger partial charge in [0.1, 0.15) is 0 Å². The number of methoxy groups -OCH3 is 1. The zero-order chi connectivity index (χ0) is 15.8. The van der Waals surface area contributed by atoms with Crippen molar-refractivity contribution in [2.75, 3.05) is 13.4 Å². The topological polar surface area (TPSA) is 26.3 Å². The lowest BCUT2D eigenvalue weighted by atomic mass is 9.98. The van der Waals surface area contributed by atoms with Crippen molar-refractivity contribution in [3.8, 4) is 0 Å². The Balaban J connectivity index is 2.11. The standard InChI is InChI=1S/C19H20O2S/c1-21-19(20)17(14-16-6-4-3-5-7-16)11-8-15-9-12-18(22-2)13-10-15/h3-13,17H,14H2,1-2H3/b11-8+. The van der Waals surface area contributed by atoms with E-state index in [-0.39, 0.29) is 11.9 Å². The van der Waals surface area contributed by atoms with Crippen molar-refractivity contribution in [2.24, 2.45) is 5.92 Å². The Hall–Kier alpha value is -2.00. The fourth-order valence-corrected chi connectivity index (χ4v) is 2.60. The van der Waals surface area contributed by atoms with Crippen LogP contribution in [0.5, 0.6) is 0 Å². The molecule has 3 heteroatoms. The summed E-state index contributed by atoms with van der Waals surface area (Å²) in [6, 6.07) is 18.2. The van der Waals surface area contributed by atoms with Crippen LogP contribution in [0.15, 0.2) is 65.6 Å². The quantitative estimate of drug-likeness (QED) is 0.582. The molecule has 0 radical (unpaired) electrons. The number of rotatable bonds is 6. The third kappa shape index (κ3) is 4.78. The first-order chi connectivity index (χ1) is 10.7. The number of thioether (sulfide) groups is 1. The van der Waals surface area contributed by atoms with Gasteiger partial charge in [-0.3, -0.25) is 4.79 Å².